The Labute approximate surface area is 191 Å². The average molecular weight is 474 g/mol. The molecule has 0 aromatic heterocycles. The minimum atomic E-state index is -5.40. The Balaban J connectivity index is 1.78. The third-order valence-corrected chi connectivity index (χ3v) is 5.41. The normalized spacial score (nSPS) is 22.4. The van der Waals surface area contributed by atoms with Crippen LogP contribution in [-0.4, -0.2) is 28.8 Å². The predicted molar refractivity (Wildman–Crippen MR) is 113 cm³/mol. The number of hydrogen-bond donors (Lipinski definition) is 3. The van der Waals surface area contributed by atoms with Crippen LogP contribution in [0.3, 0.4) is 0 Å². The number of Topliss-reactive ketones (excluding diaryl/α,β-unsaturated/α-hetero) is 1. The number of nitrogens with one attached hydrogen (secondary N) is 2. The summed E-state index contributed by atoms with van der Waals surface area (Å²) in [7, 11) is 0. The zero-order chi connectivity index (χ0) is 24.5. The lowest BCUT2D eigenvalue weighted by Gasteiger charge is -2.45. The molecule has 0 spiro atoms. The van der Waals surface area contributed by atoms with Crippen LogP contribution >= 0.6 is 0 Å². The molecule has 10 heteroatoms. The average Bonchev–Trinajstić information content (AvgIpc) is 2.79. The Morgan fingerprint density at radius 3 is 2.24 bits per heavy atom. The fourth-order valence-electron chi connectivity index (χ4n) is 3.81. The van der Waals surface area contributed by atoms with Crippen molar-refractivity contribution >= 4 is 11.8 Å². The molecule has 34 heavy (non-hydrogen) atoms. The molecular weight excluding hydrogens is 456 g/mol. The van der Waals surface area contributed by atoms with Gasteiger partial charge in [0.2, 0.25) is 5.72 Å². The number of rotatable bonds is 5. The van der Waals surface area contributed by atoms with Gasteiger partial charge in [-0.3, -0.25) is 4.79 Å². The predicted octanol–water partition coefficient (Wildman–Crippen LogP) is 4.72. The summed E-state index contributed by atoms with van der Waals surface area (Å²) in [6, 6.07) is 15.3. The molecule has 2 amide bonds. The number of carbonyl (C=O) groups is 2. The van der Waals surface area contributed by atoms with Gasteiger partial charge in [-0.05, 0) is 54.1 Å². The van der Waals surface area contributed by atoms with Crippen molar-refractivity contribution in [1.29, 1.82) is 0 Å². The molecule has 3 atom stereocenters. The van der Waals surface area contributed by atoms with Gasteiger partial charge in [-0.15, -0.1) is 0 Å². The molecule has 176 valence electrons. The van der Waals surface area contributed by atoms with E-state index in [4.69, 9.17) is 4.74 Å². The number of hydrogen-bond acceptors (Lipinski definition) is 4. The smallest absolute Gasteiger partial charge is 0.437 e. The molecule has 0 saturated carbocycles. The van der Waals surface area contributed by atoms with Crippen molar-refractivity contribution in [2.45, 2.75) is 17.9 Å². The van der Waals surface area contributed by atoms with Crippen molar-refractivity contribution in [2.24, 2.45) is 5.92 Å². The van der Waals surface area contributed by atoms with Gasteiger partial charge in [0.1, 0.15) is 23.2 Å². The Morgan fingerprint density at radius 1 is 0.941 bits per heavy atom. The fourth-order valence-corrected chi connectivity index (χ4v) is 3.81. The molecule has 0 radical (unpaired) electrons. The van der Waals surface area contributed by atoms with E-state index in [-0.39, 0.29) is 16.9 Å². The molecule has 1 aliphatic rings. The van der Waals surface area contributed by atoms with E-state index in [0.29, 0.717) is 5.75 Å². The van der Waals surface area contributed by atoms with Crippen molar-refractivity contribution in [2.75, 3.05) is 0 Å². The summed E-state index contributed by atoms with van der Waals surface area (Å²) in [6.07, 6.45) is -5.40. The second-order valence-electron chi connectivity index (χ2n) is 7.68. The number of ether oxygens (including phenoxy) is 1. The molecule has 3 aromatic rings. The first-order valence-corrected chi connectivity index (χ1v) is 10.1. The Kier molecular flexibility index (Phi) is 6.01. The van der Waals surface area contributed by atoms with E-state index >= 15 is 0 Å². The van der Waals surface area contributed by atoms with Gasteiger partial charge >= 0.3 is 12.2 Å². The Bertz CT molecular complexity index is 1200. The fraction of sp³-hybridized carbons (Fsp3) is 0.167. The lowest BCUT2D eigenvalue weighted by Crippen LogP contribution is -2.72. The summed E-state index contributed by atoms with van der Waals surface area (Å²) < 4.78 is 61.1. The number of amides is 2. The molecule has 4 rings (SSSR count). The zero-order valence-electron chi connectivity index (χ0n) is 17.3. The number of urea groups is 1. The number of aliphatic hydroxyl groups is 1. The summed E-state index contributed by atoms with van der Waals surface area (Å²) in [4.78, 5) is 25.4. The largest absolute Gasteiger partial charge is 0.457 e. The van der Waals surface area contributed by atoms with Crippen molar-refractivity contribution in [3.05, 3.63) is 95.8 Å². The monoisotopic (exact) mass is 474 g/mol. The summed E-state index contributed by atoms with van der Waals surface area (Å²) >= 11 is 0. The Hall–Kier alpha value is -3.92. The highest BCUT2D eigenvalue weighted by molar-refractivity contribution is 6.00. The third-order valence-electron chi connectivity index (χ3n) is 5.41. The van der Waals surface area contributed by atoms with Crippen molar-refractivity contribution in [3.63, 3.8) is 0 Å². The van der Waals surface area contributed by atoms with Crippen molar-refractivity contribution < 1.29 is 37.0 Å². The lowest BCUT2D eigenvalue weighted by molar-refractivity contribution is -0.287. The maximum absolute atomic E-state index is 14.0. The van der Waals surface area contributed by atoms with Crippen LogP contribution in [0.5, 0.6) is 11.5 Å². The van der Waals surface area contributed by atoms with Crippen LogP contribution in [-0.2, 0) is 0 Å². The van der Waals surface area contributed by atoms with Crippen LogP contribution in [0, 0.1) is 11.7 Å². The minimum absolute atomic E-state index is 0.0893. The number of benzene rings is 3. The van der Waals surface area contributed by atoms with E-state index in [1.807, 2.05) is 0 Å². The Morgan fingerprint density at radius 2 is 1.59 bits per heavy atom. The summed E-state index contributed by atoms with van der Waals surface area (Å²) in [6.45, 7) is 0. The number of para-hydroxylation sites is 1. The van der Waals surface area contributed by atoms with Crippen LogP contribution in [0.4, 0.5) is 22.4 Å². The van der Waals surface area contributed by atoms with Crippen LogP contribution in [0.2, 0.25) is 0 Å². The SMILES string of the molecule is O=C1N[C@H](c2cccc(Oc3ccccc3)c2)[C@H](C(=O)c2ccc(F)cc2)[C@](O)(C(F)(F)F)N1. The molecule has 1 heterocycles. The van der Waals surface area contributed by atoms with Gasteiger partial charge in [-0.1, -0.05) is 30.3 Å². The van der Waals surface area contributed by atoms with Gasteiger partial charge < -0.3 is 20.5 Å². The van der Waals surface area contributed by atoms with Gasteiger partial charge in [-0.2, -0.15) is 13.2 Å². The summed E-state index contributed by atoms with van der Waals surface area (Å²) in [5.41, 5.74) is -4.07. The lowest BCUT2D eigenvalue weighted by atomic mass is 9.77. The number of ketones is 1. The van der Waals surface area contributed by atoms with Gasteiger partial charge in [0.25, 0.3) is 0 Å². The van der Waals surface area contributed by atoms with Crippen LogP contribution in [0.15, 0.2) is 78.9 Å². The first kappa shape index (κ1) is 23.2. The topological polar surface area (TPSA) is 87.7 Å². The number of halogens is 4. The first-order valence-electron chi connectivity index (χ1n) is 10.1. The first-order chi connectivity index (χ1) is 16.1. The highest BCUT2D eigenvalue weighted by Gasteiger charge is 2.66. The maximum atomic E-state index is 14.0. The highest BCUT2D eigenvalue weighted by Crippen LogP contribution is 2.44. The molecule has 6 nitrogen and oxygen atoms in total. The van der Waals surface area contributed by atoms with Crippen molar-refractivity contribution in [1.82, 2.24) is 10.6 Å². The van der Waals surface area contributed by atoms with Crippen LogP contribution in [0.1, 0.15) is 22.0 Å². The van der Waals surface area contributed by atoms with E-state index in [1.54, 1.807) is 36.4 Å². The van der Waals surface area contributed by atoms with Gasteiger partial charge in [-0.25, -0.2) is 9.18 Å². The van der Waals surface area contributed by atoms with Gasteiger partial charge in [0, 0.05) is 5.56 Å². The number of carbonyl (C=O) groups excluding carboxylic acids is 2. The van der Waals surface area contributed by atoms with E-state index in [1.165, 1.54) is 23.5 Å². The second-order valence-corrected chi connectivity index (χ2v) is 7.68. The van der Waals surface area contributed by atoms with Crippen LogP contribution in [0.25, 0.3) is 0 Å². The standard InChI is InChI=1S/C24H18F4N2O4/c25-16-11-9-14(10-12-16)21(31)19-20(29-22(32)30-23(19,33)24(26,27)28)15-5-4-8-18(13-15)34-17-6-2-1-3-7-17/h1-13,19-20,33H,(H2,29,30,32)/t19-,20-,23+/m1/s1. The van der Waals surface area contributed by atoms with E-state index < -0.39 is 41.5 Å². The summed E-state index contributed by atoms with van der Waals surface area (Å²) in [5.74, 6) is -3.38. The highest BCUT2D eigenvalue weighted by atomic mass is 19.4. The number of alkyl halides is 3. The quantitative estimate of drug-likeness (QED) is 0.369. The van der Waals surface area contributed by atoms with Crippen LogP contribution < -0.4 is 15.4 Å². The second kappa shape index (κ2) is 8.79. The molecule has 1 aliphatic heterocycles. The van der Waals surface area contributed by atoms with Crippen molar-refractivity contribution in [3.8, 4) is 11.5 Å². The molecule has 1 fully saturated rings. The van der Waals surface area contributed by atoms with Gasteiger partial charge in [0.15, 0.2) is 5.78 Å². The van der Waals surface area contributed by atoms with E-state index in [9.17, 15) is 32.3 Å². The zero-order valence-corrected chi connectivity index (χ0v) is 17.3. The molecule has 3 aromatic carbocycles. The molecule has 0 bridgehead atoms. The van der Waals surface area contributed by atoms with Gasteiger partial charge in [0.05, 0.1) is 6.04 Å². The van der Waals surface area contributed by atoms with E-state index in [0.717, 1.165) is 24.3 Å². The molecule has 1 saturated heterocycles. The summed E-state index contributed by atoms with van der Waals surface area (Å²) in [5, 5.41) is 14.4. The molecule has 0 unspecified atom stereocenters. The maximum Gasteiger partial charge on any atom is 0.437 e. The van der Waals surface area contributed by atoms with E-state index in [2.05, 4.69) is 5.32 Å². The molecular formula is C24H18F4N2O4. The molecule has 3 N–H and O–H groups in total. The third kappa shape index (κ3) is 4.44. The molecule has 0 aliphatic carbocycles. The minimum Gasteiger partial charge on any atom is -0.457 e.